The molecule has 4 unspecified atom stereocenters. The molecule has 3 amide bonds. The predicted octanol–water partition coefficient (Wildman–Crippen LogP) is 7.45. The minimum absolute atomic E-state index is 0.0314. The van der Waals surface area contributed by atoms with Crippen molar-refractivity contribution in [1.29, 1.82) is 0 Å². The number of amides is 3. The average molecular weight is 806 g/mol. The number of carbonyl (C=O) groups is 4. The van der Waals surface area contributed by atoms with Crippen LogP contribution in [0.15, 0.2) is 42.5 Å². The number of rotatable bonds is 12. The molecule has 0 aromatic heterocycles. The monoisotopic (exact) mass is 805 g/mol. The number of nitrogens with zero attached hydrogens (tertiary/aromatic N) is 1. The Labute approximate surface area is 344 Å². The van der Waals surface area contributed by atoms with E-state index in [9.17, 15) is 19.2 Å². The van der Waals surface area contributed by atoms with E-state index in [1.807, 2.05) is 26.8 Å². The fourth-order valence-corrected chi connectivity index (χ4v) is 8.47. The standard InChI is InChI=1S/C44H64BN3O10/c1-40(2,3)54-37(50)31-16-14-15-28(36(31)53-13)24-34(45-57-33-26-29-25-32(43(29,10)11)44(33,12)58-45)47-35(49)23-27-17-19-30(20-18-27)48(39(52)56-42(7,8)9)22-21-46-38(51)55-41(4,5)6/h14-20,29,32-34H,21-26H2,1-13H3,(H,46,51)(H,47,49)/t29?,32?,33?,34-,44?/m0/s1. The smallest absolute Gasteiger partial charge is 0.482 e. The van der Waals surface area contributed by atoms with Crippen molar-refractivity contribution in [2.75, 3.05) is 25.1 Å². The van der Waals surface area contributed by atoms with Gasteiger partial charge in [-0.3, -0.25) is 9.69 Å². The molecule has 2 bridgehead atoms. The van der Waals surface area contributed by atoms with Gasteiger partial charge in [0.05, 0.1) is 31.2 Å². The molecule has 58 heavy (non-hydrogen) atoms. The molecule has 3 aliphatic carbocycles. The molecule has 3 saturated carbocycles. The molecule has 2 aromatic carbocycles. The van der Waals surface area contributed by atoms with Crippen molar-refractivity contribution in [3.05, 3.63) is 59.2 Å². The average Bonchev–Trinajstić information content (AvgIpc) is 3.45. The van der Waals surface area contributed by atoms with Crippen molar-refractivity contribution in [3.8, 4) is 5.75 Å². The van der Waals surface area contributed by atoms with Gasteiger partial charge in [-0.1, -0.05) is 38.1 Å². The summed E-state index contributed by atoms with van der Waals surface area (Å²) in [6.45, 7) is 23.1. The highest BCUT2D eigenvalue weighted by molar-refractivity contribution is 6.48. The summed E-state index contributed by atoms with van der Waals surface area (Å²) < 4.78 is 36.0. The van der Waals surface area contributed by atoms with E-state index in [0.29, 0.717) is 34.4 Å². The second kappa shape index (κ2) is 16.8. The number of benzene rings is 2. The van der Waals surface area contributed by atoms with Crippen molar-refractivity contribution in [2.24, 2.45) is 17.3 Å². The van der Waals surface area contributed by atoms with E-state index < -0.39 is 53.6 Å². The predicted molar refractivity (Wildman–Crippen MR) is 222 cm³/mol. The molecule has 318 valence electrons. The largest absolute Gasteiger partial charge is 0.496 e. The first-order chi connectivity index (χ1) is 26.8. The normalized spacial score (nSPS) is 22.8. The van der Waals surface area contributed by atoms with Crippen molar-refractivity contribution in [3.63, 3.8) is 0 Å². The van der Waals surface area contributed by atoms with E-state index >= 15 is 0 Å². The molecule has 13 nitrogen and oxygen atoms in total. The minimum Gasteiger partial charge on any atom is -0.496 e. The van der Waals surface area contributed by atoms with Gasteiger partial charge < -0.3 is 38.9 Å². The van der Waals surface area contributed by atoms with Gasteiger partial charge >= 0.3 is 25.3 Å². The zero-order valence-corrected chi connectivity index (χ0v) is 36.7. The van der Waals surface area contributed by atoms with Crippen LogP contribution in [0.3, 0.4) is 0 Å². The van der Waals surface area contributed by atoms with Crippen LogP contribution in [0, 0.1) is 17.3 Å². The Balaban J connectivity index is 1.35. The molecule has 4 fully saturated rings. The van der Waals surface area contributed by atoms with Crippen LogP contribution in [0.2, 0.25) is 0 Å². The maximum absolute atomic E-state index is 13.9. The number of methoxy groups -OCH3 is 1. The topological polar surface area (TPSA) is 151 Å². The Hall–Kier alpha value is -4.30. The van der Waals surface area contributed by atoms with Gasteiger partial charge in [0, 0.05) is 18.8 Å². The van der Waals surface area contributed by atoms with E-state index in [0.717, 1.165) is 12.8 Å². The van der Waals surface area contributed by atoms with Crippen LogP contribution >= 0.6 is 0 Å². The van der Waals surface area contributed by atoms with Gasteiger partial charge in [-0.25, -0.2) is 14.4 Å². The second-order valence-corrected chi connectivity index (χ2v) is 19.6. The molecule has 0 spiro atoms. The van der Waals surface area contributed by atoms with Crippen LogP contribution in [-0.4, -0.2) is 85.8 Å². The third-order valence-corrected chi connectivity index (χ3v) is 11.2. The van der Waals surface area contributed by atoms with Crippen LogP contribution in [0.5, 0.6) is 5.75 Å². The van der Waals surface area contributed by atoms with Crippen LogP contribution in [0.1, 0.15) is 117 Å². The van der Waals surface area contributed by atoms with Gasteiger partial charge in [-0.2, -0.15) is 0 Å². The summed E-state index contributed by atoms with van der Waals surface area (Å²) in [5.74, 6) is -0.157. The molecule has 6 rings (SSSR count). The summed E-state index contributed by atoms with van der Waals surface area (Å²) in [6, 6.07) is 12.4. The third kappa shape index (κ3) is 10.7. The highest BCUT2D eigenvalue weighted by Gasteiger charge is 2.68. The molecule has 2 aromatic rings. The Bertz CT molecular complexity index is 1830. The first kappa shape index (κ1) is 44.8. The Morgan fingerprint density at radius 1 is 0.879 bits per heavy atom. The number of esters is 1. The molecule has 5 atom stereocenters. The van der Waals surface area contributed by atoms with Gasteiger partial charge in [0.25, 0.3) is 0 Å². The molecule has 1 heterocycles. The number of anilines is 1. The highest BCUT2D eigenvalue weighted by Crippen LogP contribution is 2.65. The molecular weight excluding hydrogens is 741 g/mol. The zero-order chi connectivity index (χ0) is 43.0. The van der Waals surface area contributed by atoms with Crippen LogP contribution in [0.25, 0.3) is 0 Å². The van der Waals surface area contributed by atoms with Gasteiger partial charge in [0.15, 0.2) is 0 Å². The van der Waals surface area contributed by atoms with Crippen LogP contribution in [-0.2, 0) is 41.2 Å². The summed E-state index contributed by atoms with van der Waals surface area (Å²) in [5.41, 5.74) is -0.269. The summed E-state index contributed by atoms with van der Waals surface area (Å²) in [5, 5.41) is 5.90. The molecule has 0 radical (unpaired) electrons. The number of hydrogen-bond donors (Lipinski definition) is 2. The summed E-state index contributed by atoms with van der Waals surface area (Å²) in [6.07, 6.45) is 0.987. The first-order valence-electron chi connectivity index (χ1n) is 20.4. The number of alkyl carbamates (subject to hydrolysis) is 1. The fraction of sp³-hybridized carbons (Fsp3) is 0.636. The fourth-order valence-electron chi connectivity index (χ4n) is 8.47. The molecule has 1 saturated heterocycles. The lowest BCUT2D eigenvalue weighted by molar-refractivity contribution is -0.199. The van der Waals surface area contributed by atoms with Crippen molar-refractivity contribution in [2.45, 2.75) is 143 Å². The van der Waals surface area contributed by atoms with E-state index in [2.05, 4.69) is 31.4 Å². The van der Waals surface area contributed by atoms with Crippen LogP contribution < -0.4 is 20.3 Å². The lowest BCUT2D eigenvalue weighted by Gasteiger charge is -2.64. The molecule has 4 aliphatic rings. The quantitative estimate of drug-likeness (QED) is 0.126. The Morgan fingerprint density at radius 3 is 2.10 bits per heavy atom. The maximum atomic E-state index is 13.9. The van der Waals surface area contributed by atoms with Crippen molar-refractivity contribution < 1.29 is 47.4 Å². The van der Waals surface area contributed by atoms with Crippen LogP contribution in [0.4, 0.5) is 15.3 Å². The van der Waals surface area contributed by atoms with Gasteiger partial charge in [-0.15, -0.1) is 0 Å². The molecular formula is C44H64BN3O10. The highest BCUT2D eigenvalue weighted by atomic mass is 16.7. The second-order valence-electron chi connectivity index (χ2n) is 19.6. The Kier molecular flexibility index (Phi) is 12.9. The maximum Gasteiger partial charge on any atom is 0.482 e. The van der Waals surface area contributed by atoms with E-state index in [1.54, 1.807) is 77.9 Å². The number of carbonyl (C=O) groups excluding carboxylic acids is 4. The SMILES string of the molecule is COc1c(C[C@H](NC(=O)Cc2ccc(N(CCNC(=O)OC(C)(C)C)C(=O)OC(C)(C)C)cc2)B2OC3CC4CC(C4(C)C)C3(C)O2)cccc1C(=O)OC(C)(C)C. The third-order valence-electron chi connectivity index (χ3n) is 11.2. The minimum atomic E-state index is -0.748. The Morgan fingerprint density at radius 2 is 1.52 bits per heavy atom. The number of para-hydroxylation sites is 1. The number of hydrogen-bond acceptors (Lipinski definition) is 10. The number of nitrogens with one attached hydrogen (secondary N) is 2. The van der Waals surface area contributed by atoms with Crippen molar-refractivity contribution >= 4 is 36.9 Å². The number of ether oxygens (including phenoxy) is 4. The van der Waals surface area contributed by atoms with Crippen molar-refractivity contribution in [1.82, 2.24) is 10.6 Å². The van der Waals surface area contributed by atoms with Gasteiger partial charge in [0.2, 0.25) is 5.91 Å². The zero-order valence-electron chi connectivity index (χ0n) is 36.7. The molecule has 2 N–H and O–H groups in total. The summed E-state index contributed by atoms with van der Waals surface area (Å²) in [4.78, 5) is 54.2. The van der Waals surface area contributed by atoms with Gasteiger partial charge in [-0.05, 0) is 135 Å². The van der Waals surface area contributed by atoms with E-state index in [1.165, 1.54) is 12.0 Å². The summed E-state index contributed by atoms with van der Waals surface area (Å²) >= 11 is 0. The van der Waals surface area contributed by atoms with E-state index in [4.69, 9.17) is 28.3 Å². The lowest BCUT2D eigenvalue weighted by atomic mass is 9.43. The molecule has 14 heteroatoms. The summed E-state index contributed by atoms with van der Waals surface area (Å²) in [7, 11) is 0.766. The lowest BCUT2D eigenvalue weighted by Crippen LogP contribution is -2.65. The molecule has 1 aliphatic heterocycles. The van der Waals surface area contributed by atoms with Gasteiger partial charge in [0.1, 0.15) is 28.1 Å². The van der Waals surface area contributed by atoms with E-state index in [-0.39, 0.29) is 48.9 Å². The first-order valence-corrected chi connectivity index (χ1v) is 20.4.